The Kier molecular flexibility index (Phi) is 4.99. The number of rotatable bonds is 4. The van der Waals surface area contributed by atoms with Crippen molar-refractivity contribution in [3.05, 3.63) is 76.3 Å². The lowest BCUT2D eigenvalue weighted by atomic mass is 10.0. The summed E-state index contributed by atoms with van der Waals surface area (Å²) < 4.78 is 0.804. The van der Waals surface area contributed by atoms with Crippen molar-refractivity contribution >= 4 is 49.1 Å². The third kappa shape index (κ3) is 3.82. The van der Waals surface area contributed by atoms with Gasteiger partial charge in [-0.1, -0.05) is 53.8 Å². The predicted octanol–water partition coefficient (Wildman–Crippen LogP) is 4.25. The number of hydrogen-bond acceptors (Lipinski definition) is 6. The molecule has 0 N–H and O–H groups in total. The van der Waals surface area contributed by atoms with E-state index in [1.54, 1.807) is 12.1 Å². The number of carbonyl (C=O) groups is 1. The maximum atomic E-state index is 12.9. The van der Waals surface area contributed by atoms with Crippen LogP contribution in [-0.4, -0.2) is 46.9 Å². The standard InChI is InChI=1S/C23H20N4O3S/c28-22(14-17-6-3-5-16-4-1-2-7-19(16)17)25-10-12-26(13-11-25)23-24-20-9-8-18(27(29)30)15-21(20)31-23/h1-9,15H,10-14H2. The molecule has 0 aliphatic carbocycles. The first-order valence-electron chi connectivity index (χ1n) is 10.1. The monoisotopic (exact) mass is 432 g/mol. The Morgan fingerprint density at radius 1 is 1.03 bits per heavy atom. The topological polar surface area (TPSA) is 79.6 Å². The molecule has 1 saturated heterocycles. The summed E-state index contributed by atoms with van der Waals surface area (Å²) >= 11 is 1.46. The molecule has 1 aliphatic rings. The molecule has 1 fully saturated rings. The minimum atomic E-state index is -0.390. The summed E-state index contributed by atoms with van der Waals surface area (Å²) in [5.74, 6) is 0.135. The van der Waals surface area contributed by atoms with Gasteiger partial charge in [-0.15, -0.1) is 0 Å². The molecule has 0 atom stereocenters. The molecule has 1 aliphatic heterocycles. The molecule has 8 heteroatoms. The number of nitro benzene ring substituents is 1. The van der Waals surface area contributed by atoms with E-state index in [4.69, 9.17) is 0 Å². The molecule has 156 valence electrons. The summed E-state index contributed by atoms with van der Waals surface area (Å²) in [5.41, 5.74) is 1.89. The number of carbonyl (C=O) groups excluding carboxylic acids is 1. The Morgan fingerprint density at radius 3 is 2.61 bits per heavy atom. The molecule has 0 unspecified atom stereocenters. The zero-order valence-corrected chi connectivity index (χ0v) is 17.5. The summed E-state index contributed by atoms with van der Waals surface area (Å²) in [6, 6.07) is 19.0. The van der Waals surface area contributed by atoms with Crippen molar-refractivity contribution < 1.29 is 9.72 Å². The number of piperazine rings is 1. The number of nitrogens with zero attached hydrogens (tertiary/aromatic N) is 4. The number of non-ortho nitro benzene ring substituents is 1. The van der Waals surface area contributed by atoms with Crippen LogP contribution in [0.3, 0.4) is 0 Å². The van der Waals surface area contributed by atoms with Crippen LogP contribution in [0.25, 0.3) is 21.0 Å². The first-order valence-corrected chi connectivity index (χ1v) is 10.9. The van der Waals surface area contributed by atoms with E-state index in [0.717, 1.165) is 31.7 Å². The quantitative estimate of drug-likeness (QED) is 0.356. The second kappa shape index (κ2) is 7.96. The number of nitro groups is 1. The molecule has 1 aromatic heterocycles. The van der Waals surface area contributed by atoms with Crippen molar-refractivity contribution in [2.75, 3.05) is 31.1 Å². The Labute approximate surface area is 182 Å². The highest BCUT2D eigenvalue weighted by Gasteiger charge is 2.24. The molecule has 31 heavy (non-hydrogen) atoms. The van der Waals surface area contributed by atoms with Crippen LogP contribution in [0, 0.1) is 10.1 Å². The van der Waals surface area contributed by atoms with Crippen molar-refractivity contribution in [1.29, 1.82) is 0 Å². The molecule has 2 heterocycles. The molecular weight excluding hydrogens is 412 g/mol. The van der Waals surface area contributed by atoms with Gasteiger partial charge in [-0.2, -0.15) is 0 Å². The number of fused-ring (bicyclic) bond motifs is 2. The summed E-state index contributed by atoms with van der Waals surface area (Å²) in [4.78, 5) is 32.2. The number of amides is 1. The van der Waals surface area contributed by atoms with Crippen molar-refractivity contribution in [3.8, 4) is 0 Å². The summed E-state index contributed by atoms with van der Waals surface area (Å²) in [6.07, 6.45) is 0.395. The highest BCUT2D eigenvalue weighted by molar-refractivity contribution is 7.22. The Morgan fingerprint density at radius 2 is 1.81 bits per heavy atom. The number of anilines is 1. The highest BCUT2D eigenvalue weighted by atomic mass is 32.1. The molecule has 0 spiro atoms. The van der Waals surface area contributed by atoms with Crippen LogP contribution < -0.4 is 4.90 Å². The van der Waals surface area contributed by atoms with Crippen LogP contribution in [0.1, 0.15) is 5.56 Å². The molecule has 0 saturated carbocycles. The van der Waals surface area contributed by atoms with Gasteiger partial charge in [-0.05, 0) is 22.4 Å². The SMILES string of the molecule is O=C(Cc1cccc2ccccc12)N1CCN(c2nc3ccc([N+](=O)[O-])cc3s2)CC1. The smallest absolute Gasteiger partial charge is 0.270 e. The highest BCUT2D eigenvalue weighted by Crippen LogP contribution is 2.32. The second-order valence-corrected chi connectivity index (χ2v) is 8.60. The molecule has 7 nitrogen and oxygen atoms in total. The number of thiazole rings is 1. The number of hydrogen-bond donors (Lipinski definition) is 0. The van der Waals surface area contributed by atoms with E-state index in [1.807, 2.05) is 29.2 Å². The fourth-order valence-corrected chi connectivity index (χ4v) is 5.07. The van der Waals surface area contributed by atoms with Gasteiger partial charge in [0.25, 0.3) is 5.69 Å². The maximum Gasteiger partial charge on any atom is 0.270 e. The van der Waals surface area contributed by atoms with E-state index >= 15 is 0 Å². The van der Waals surface area contributed by atoms with Crippen LogP contribution in [0.5, 0.6) is 0 Å². The van der Waals surface area contributed by atoms with Crippen LogP contribution in [-0.2, 0) is 11.2 Å². The fraction of sp³-hybridized carbons (Fsp3) is 0.217. The first kappa shape index (κ1) is 19.4. The van der Waals surface area contributed by atoms with E-state index in [9.17, 15) is 14.9 Å². The Balaban J connectivity index is 1.26. The van der Waals surface area contributed by atoms with Crippen LogP contribution in [0.15, 0.2) is 60.7 Å². The zero-order chi connectivity index (χ0) is 21.4. The largest absolute Gasteiger partial charge is 0.345 e. The predicted molar refractivity (Wildman–Crippen MR) is 123 cm³/mol. The zero-order valence-electron chi connectivity index (χ0n) is 16.7. The van der Waals surface area contributed by atoms with E-state index in [0.29, 0.717) is 32.6 Å². The van der Waals surface area contributed by atoms with Gasteiger partial charge in [0.1, 0.15) is 0 Å². The third-order valence-electron chi connectivity index (χ3n) is 5.70. The fourth-order valence-electron chi connectivity index (χ4n) is 4.02. The van der Waals surface area contributed by atoms with Gasteiger partial charge in [0.05, 0.1) is 21.6 Å². The maximum absolute atomic E-state index is 12.9. The number of aromatic nitrogens is 1. The van der Waals surface area contributed by atoms with Crippen LogP contribution >= 0.6 is 11.3 Å². The van der Waals surface area contributed by atoms with Gasteiger partial charge in [-0.25, -0.2) is 4.98 Å². The minimum Gasteiger partial charge on any atom is -0.345 e. The van der Waals surface area contributed by atoms with Crippen molar-refractivity contribution in [2.45, 2.75) is 6.42 Å². The lowest BCUT2D eigenvalue weighted by Crippen LogP contribution is -2.49. The van der Waals surface area contributed by atoms with Crippen molar-refractivity contribution in [1.82, 2.24) is 9.88 Å². The van der Waals surface area contributed by atoms with Crippen LogP contribution in [0.4, 0.5) is 10.8 Å². The Hall–Kier alpha value is -3.52. The van der Waals surface area contributed by atoms with E-state index in [1.165, 1.54) is 17.4 Å². The van der Waals surface area contributed by atoms with Gasteiger partial charge in [0.15, 0.2) is 5.13 Å². The average molecular weight is 433 g/mol. The summed E-state index contributed by atoms with van der Waals surface area (Å²) in [5, 5.41) is 14.1. The molecule has 0 radical (unpaired) electrons. The van der Waals surface area contributed by atoms with Crippen molar-refractivity contribution in [2.24, 2.45) is 0 Å². The Bertz CT molecular complexity index is 1290. The van der Waals surface area contributed by atoms with Gasteiger partial charge >= 0.3 is 0 Å². The molecule has 1 amide bonds. The number of benzene rings is 3. The van der Waals surface area contributed by atoms with E-state index < -0.39 is 0 Å². The normalized spacial score (nSPS) is 14.3. The lowest BCUT2D eigenvalue weighted by molar-refractivity contribution is -0.384. The minimum absolute atomic E-state index is 0.0755. The van der Waals surface area contributed by atoms with Gasteiger partial charge in [-0.3, -0.25) is 14.9 Å². The molecule has 4 aromatic rings. The van der Waals surface area contributed by atoms with Gasteiger partial charge < -0.3 is 9.80 Å². The molecular formula is C23H20N4O3S. The first-order chi connectivity index (χ1) is 15.1. The van der Waals surface area contributed by atoms with Crippen molar-refractivity contribution in [3.63, 3.8) is 0 Å². The van der Waals surface area contributed by atoms with Gasteiger partial charge in [0, 0.05) is 38.3 Å². The second-order valence-electron chi connectivity index (χ2n) is 7.59. The van der Waals surface area contributed by atoms with Crippen LogP contribution in [0.2, 0.25) is 0 Å². The molecule has 0 bridgehead atoms. The third-order valence-corrected chi connectivity index (χ3v) is 6.78. The lowest BCUT2D eigenvalue weighted by Gasteiger charge is -2.34. The average Bonchev–Trinajstić information content (AvgIpc) is 3.23. The van der Waals surface area contributed by atoms with Gasteiger partial charge in [0.2, 0.25) is 5.91 Å². The summed E-state index contributed by atoms with van der Waals surface area (Å²) in [7, 11) is 0. The molecule has 5 rings (SSSR count). The summed E-state index contributed by atoms with van der Waals surface area (Å²) in [6.45, 7) is 2.67. The van der Waals surface area contributed by atoms with E-state index in [2.05, 4.69) is 28.1 Å². The molecule has 3 aromatic carbocycles. The van der Waals surface area contributed by atoms with E-state index in [-0.39, 0.29) is 16.5 Å².